The number of nitrogens with one attached hydrogen (secondary N) is 1. The summed E-state index contributed by atoms with van der Waals surface area (Å²) in [5, 5.41) is 3.21. The third-order valence-corrected chi connectivity index (χ3v) is 3.28. The minimum absolute atomic E-state index is 0.0922. The molecule has 0 spiro atoms. The maximum Gasteiger partial charge on any atom is 0.161 e. The Morgan fingerprint density at radius 3 is 2.43 bits per heavy atom. The van der Waals surface area contributed by atoms with Crippen LogP contribution in [0.2, 0.25) is 0 Å². The highest BCUT2D eigenvalue weighted by molar-refractivity contribution is 5.58. The van der Waals surface area contributed by atoms with Crippen LogP contribution >= 0.6 is 0 Å². The van der Waals surface area contributed by atoms with Gasteiger partial charge in [-0.25, -0.2) is 14.4 Å². The van der Waals surface area contributed by atoms with Crippen molar-refractivity contribution in [2.45, 2.75) is 40.0 Å². The second-order valence-electron chi connectivity index (χ2n) is 6.21. The fourth-order valence-electron chi connectivity index (χ4n) is 1.96. The second-order valence-corrected chi connectivity index (χ2v) is 6.21. The van der Waals surface area contributed by atoms with Gasteiger partial charge in [0.15, 0.2) is 5.82 Å². The number of hydrogen-bond donors (Lipinski definition) is 1. The predicted molar refractivity (Wildman–Crippen MR) is 85.0 cm³/mol. The summed E-state index contributed by atoms with van der Waals surface area (Å²) in [7, 11) is 0. The van der Waals surface area contributed by atoms with E-state index >= 15 is 0 Å². The molecule has 1 aromatic carbocycles. The van der Waals surface area contributed by atoms with Crippen molar-refractivity contribution < 1.29 is 4.39 Å². The van der Waals surface area contributed by atoms with E-state index in [1.807, 2.05) is 19.1 Å². The van der Waals surface area contributed by atoms with Gasteiger partial charge in [-0.3, -0.25) is 0 Å². The molecule has 0 aliphatic heterocycles. The molecule has 2 aromatic rings. The van der Waals surface area contributed by atoms with Gasteiger partial charge in [-0.15, -0.1) is 0 Å². The Morgan fingerprint density at radius 2 is 1.86 bits per heavy atom. The Balaban J connectivity index is 2.56. The summed E-state index contributed by atoms with van der Waals surface area (Å²) in [4.78, 5) is 9.10. The van der Waals surface area contributed by atoms with Crippen LogP contribution in [0.25, 0.3) is 11.4 Å². The summed E-state index contributed by atoms with van der Waals surface area (Å²) >= 11 is 0. The smallest absolute Gasteiger partial charge is 0.161 e. The molecule has 0 atom stereocenters. The number of nitrogens with zero attached hydrogens (tertiary/aromatic N) is 2. The first-order valence-corrected chi connectivity index (χ1v) is 7.21. The molecule has 4 heteroatoms. The van der Waals surface area contributed by atoms with E-state index in [0.717, 1.165) is 18.1 Å². The van der Waals surface area contributed by atoms with Crippen LogP contribution in [0, 0.1) is 12.7 Å². The van der Waals surface area contributed by atoms with Crippen molar-refractivity contribution in [2.24, 2.45) is 0 Å². The third kappa shape index (κ3) is 3.57. The minimum Gasteiger partial charge on any atom is -0.370 e. The van der Waals surface area contributed by atoms with E-state index in [4.69, 9.17) is 0 Å². The van der Waals surface area contributed by atoms with Gasteiger partial charge in [0, 0.05) is 23.6 Å². The molecule has 21 heavy (non-hydrogen) atoms. The minimum atomic E-state index is -0.234. The van der Waals surface area contributed by atoms with Gasteiger partial charge in [0.25, 0.3) is 0 Å². The van der Waals surface area contributed by atoms with Gasteiger partial charge >= 0.3 is 0 Å². The van der Waals surface area contributed by atoms with Gasteiger partial charge in [0.1, 0.15) is 11.6 Å². The molecule has 112 valence electrons. The molecular weight excluding hydrogens is 265 g/mol. The van der Waals surface area contributed by atoms with E-state index in [9.17, 15) is 4.39 Å². The Bertz CT molecular complexity index is 645. The van der Waals surface area contributed by atoms with Crippen molar-refractivity contribution >= 4 is 5.82 Å². The average Bonchev–Trinajstić information content (AvgIpc) is 2.41. The molecule has 3 nitrogen and oxygen atoms in total. The Hall–Kier alpha value is -1.97. The highest BCUT2D eigenvalue weighted by atomic mass is 19.1. The molecule has 0 aliphatic carbocycles. The van der Waals surface area contributed by atoms with Crippen LogP contribution in [0.5, 0.6) is 0 Å². The van der Waals surface area contributed by atoms with Crippen molar-refractivity contribution in [3.63, 3.8) is 0 Å². The molecule has 0 fully saturated rings. The summed E-state index contributed by atoms with van der Waals surface area (Å²) in [5.41, 5.74) is 2.16. The topological polar surface area (TPSA) is 37.8 Å². The number of hydrogen-bond acceptors (Lipinski definition) is 3. The molecular formula is C17H22FN3. The van der Waals surface area contributed by atoms with Crippen LogP contribution < -0.4 is 5.32 Å². The molecule has 2 rings (SSSR count). The Morgan fingerprint density at radius 1 is 1.14 bits per heavy atom. The lowest BCUT2D eigenvalue weighted by Crippen LogP contribution is -2.16. The van der Waals surface area contributed by atoms with Gasteiger partial charge < -0.3 is 5.32 Å². The lowest BCUT2D eigenvalue weighted by atomic mass is 9.91. The number of halogens is 1. The number of aromatic nitrogens is 2. The normalized spacial score (nSPS) is 11.5. The summed E-state index contributed by atoms with van der Waals surface area (Å²) in [6, 6.07) is 7.06. The molecule has 0 saturated heterocycles. The first-order chi connectivity index (χ1) is 9.81. The van der Waals surface area contributed by atoms with Crippen molar-refractivity contribution in [3.05, 3.63) is 41.3 Å². The summed E-state index contributed by atoms with van der Waals surface area (Å²) in [5.74, 6) is 1.09. The molecule has 1 heterocycles. The zero-order chi connectivity index (χ0) is 15.6. The summed E-state index contributed by atoms with van der Waals surface area (Å²) < 4.78 is 13.8. The zero-order valence-corrected chi connectivity index (χ0v) is 13.3. The quantitative estimate of drug-likeness (QED) is 0.913. The molecule has 1 aromatic heterocycles. The van der Waals surface area contributed by atoms with Crippen molar-refractivity contribution in [1.82, 2.24) is 9.97 Å². The maximum absolute atomic E-state index is 13.8. The summed E-state index contributed by atoms with van der Waals surface area (Å²) in [6.45, 7) is 10.8. The molecule has 0 saturated carbocycles. The molecule has 0 bridgehead atoms. The number of aryl methyl sites for hydroxylation is 1. The van der Waals surface area contributed by atoms with E-state index in [1.54, 1.807) is 13.0 Å². The average molecular weight is 287 g/mol. The predicted octanol–water partition coefficient (Wildman–Crippen LogP) is 4.32. The molecule has 0 unspecified atom stereocenters. The van der Waals surface area contributed by atoms with Crippen LogP contribution in [-0.2, 0) is 5.41 Å². The highest BCUT2D eigenvalue weighted by Crippen LogP contribution is 2.26. The first kappa shape index (κ1) is 15.4. The van der Waals surface area contributed by atoms with E-state index in [0.29, 0.717) is 17.0 Å². The van der Waals surface area contributed by atoms with Crippen LogP contribution in [0.1, 0.15) is 39.0 Å². The maximum atomic E-state index is 13.8. The molecule has 1 N–H and O–H groups in total. The van der Waals surface area contributed by atoms with Crippen LogP contribution in [0.4, 0.5) is 10.2 Å². The lowest BCUT2D eigenvalue weighted by Gasteiger charge is -2.19. The van der Waals surface area contributed by atoms with E-state index in [2.05, 4.69) is 36.1 Å². The van der Waals surface area contributed by atoms with Crippen LogP contribution in [0.15, 0.2) is 24.3 Å². The van der Waals surface area contributed by atoms with Gasteiger partial charge in [-0.2, -0.15) is 0 Å². The summed E-state index contributed by atoms with van der Waals surface area (Å²) in [6.07, 6.45) is 0. The second kappa shape index (κ2) is 5.80. The molecule has 0 aliphatic rings. The standard InChI is InChI=1S/C17H22FN3/c1-6-19-15-10-14(17(3,4)5)20-16(21-15)12-8-7-11(2)13(18)9-12/h7-10H,6H2,1-5H3,(H,19,20,21). The van der Waals surface area contributed by atoms with E-state index < -0.39 is 0 Å². The Labute approximate surface area is 125 Å². The third-order valence-electron chi connectivity index (χ3n) is 3.28. The van der Waals surface area contributed by atoms with Crippen molar-refractivity contribution in [1.29, 1.82) is 0 Å². The van der Waals surface area contributed by atoms with Crippen LogP contribution in [0.3, 0.4) is 0 Å². The van der Waals surface area contributed by atoms with Gasteiger partial charge in [-0.1, -0.05) is 32.9 Å². The van der Waals surface area contributed by atoms with Crippen LogP contribution in [-0.4, -0.2) is 16.5 Å². The number of rotatable bonds is 3. The Kier molecular flexibility index (Phi) is 4.26. The van der Waals surface area contributed by atoms with E-state index in [-0.39, 0.29) is 11.2 Å². The number of anilines is 1. The monoisotopic (exact) mass is 287 g/mol. The highest BCUT2D eigenvalue weighted by Gasteiger charge is 2.18. The largest absolute Gasteiger partial charge is 0.370 e. The SMILES string of the molecule is CCNc1cc(C(C)(C)C)nc(-c2ccc(C)c(F)c2)n1. The van der Waals surface area contributed by atoms with E-state index in [1.165, 1.54) is 6.07 Å². The molecule has 0 amide bonds. The van der Waals surface area contributed by atoms with Gasteiger partial charge in [0.05, 0.1) is 5.69 Å². The number of benzene rings is 1. The molecule has 0 radical (unpaired) electrons. The zero-order valence-electron chi connectivity index (χ0n) is 13.3. The van der Waals surface area contributed by atoms with Crippen molar-refractivity contribution in [3.8, 4) is 11.4 Å². The fourth-order valence-corrected chi connectivity index (χ4v) is 1.96. The first-order valence-electron chi connectivity index (χ1n) is 7.21. The van der Waals surface area contributed by atoms with Crippen molar-refractivity contribution in [2.75, 3.05) is 11.9 Å². The lowest BCUT2D eigenvalue weighted by molar-refractivity contribution is 0.568. The van der Waals surface area contributed by atoms with Gasteiger partial charge in [0.2, 0.25) is 0 Å². The van der Waals surface area contributed by atoms with Gasteiger partial charge in [-0.05, 0) is 25.5 Å². The fraction of sp³-hybridized carbons (Fsp3) is 0.412.